The number of rotatable bonds is 8. The SMILES string of the molecule is CCn1c(S[C@@H](C)C(=O)Nc2ccc3c(c2)OCO3)nnc1[C@H](C)NC(=O)c1ccccc1. The Kier molecular flexibility index (Phi) is 6.83. The van der Waals surface area contributed by atoms with E-state index in [9.17, 15) is 9.59 Å². The summed E-state index contributed by atoms with van der Waals surface area (Å²) in [6.07, 6.45) is 0. The number of carbonyl (C=O) groups is 2. The lowest BCUT2D eigenvalue weighted by Gasteiger charge is -2.16. The lowest BCUT2D eigenvalue weighted by atomic mass is 10.2. The van der Waals surface area contributed by atoms with Crippen LogP contribution in [0, 0.1) is 0 Å². The number of anilines is 1. The van der Waals surface area contributed by atoms with Crippen LogP contribution >= 0.6 is 11.8 Å². The van der Waals surface area contributed by atoms with Crippen molar-refractivity contribution < 1.29 is 19.1 Å². The molecule has 0 unspecified atom stereocenters. The van der Waals surface area contributed by atoms with Crippen molar-refractivity contribution in [2.75, 3.05) is 12.1 Å². The summed E-state index contributed by atoms with van der Waals surface area (Å²) in [4.78, 5) is 25.2. The van der Waals surface area contributed by atoms with Gasteiger partial charge in [0.2, 0.25) is 12.7 Å². The molecule has 1 aliphatic rings. The fourth-order valence-electron chi connectivity index (χ4n) is 3.37. The first kappa shape index (κ1) is 22.7. The molecule has 1 aromatic heterocycles. The van der Waals surface area contributed by atoms with E-state index in [1.54, 1.807) is 30.3 Å². The maximum atomic E-state index is 12.7. The second-order valence-electron chi connectivity index (χ2n) is 7.46. The number of nitrogens with zero attached hydrogens (tertiary/aromatic N) is 3. The Hall–Kier alpha value is -3.53. The zero-order valence-corrected chi connectivity index (χ0v) is 19.4. The van der Waals surface area contributed by atoms with Crippen molar-refractivity contribution in [2.45, 2.75) is 43.8 Å². The van der Waals surface area contributed by atoms with Gasteiger partial charge in [-0.15, -0.1) is 10.2 Å². The standard InChI is InChI=1S/C23H25N5O4S/c1-4-28-20(14(2)24-22(30)16-8-6-5-7-9-16)26-27-23(28)33-15(3)21(29)25-17-10-11-18-19(12-17)32-13-31-18/h5-12,14-15H,4,13H2,1-3H3,(H,24,30)(H,25,29)/t14-,15-/m0/s1. The van der Waals surface area contributed by atoms with Gasteiger partial charge in [-0.05, 0) is 45.0 Å². The molecule has 33 heavy (non-hydrogen) atoms. The number of carbonyl (C=O) groups excluding carboxylic acids is 2. The average Bonchev–Trinajstić information content (AvgIpc) is 3.45. The third-order valence-corrected chi connectivity index (χ3v) is 6.20. The van der Waals surface area contributed by atoms with Crippen LogP contribution in [0.1, 0.15) is 43.0 Å². The zero-order valence-electron chi connectivity index (χ0n) is 18.6. The number of ether oxygens (including phenoxy) is 2. The highest BCUT2D eigenvalue weighted by atomic mass is 32.2. The molecule has 2 atom stereocenters. The molecule has 0 fully saturated rings. The van der Waals surface area contributed by atoms with Gasteiger partial charge >= 0.3 is 0 Å². The number of hydrogen-bond acceptors (Lipinski definition) is 7. The minimum absolute atomic E-state index is 0.170. The largest absolute Gasteiger partial charge is 0.454 e. The third-order valence-electron chi connectivity index (χ3n) is 5.12. The topological polar surface area (TPSA) is 107 Å². The van der Waals surface area contributed by atoms with Gasteiger partial charge in [0.25, 0.3) is 5.91 Å². The molecule has 0 spiro atoms. The van der Waals surface area contributed by atoms with Crippen molar-refractivity contribution in [1.29, 1.82) is 0 Å². The molecule has 2 heterocycles. The van der Waals surface area contributed by atoms with Crippen LogP contribution in [0.5, 0.6) is 11.5 Å². The fraction of sp³-hybridized carbons (Fsp3) is 0.304. The van der Waals surface area contributed by atoms with Gasteiger partial charge in [0.15, 0.2) is 22.5 Å². The van der Waals surface area contributed by atoms with E-state index in [2.05, 4.69) is 20.8 Å². The smallest absolute Gasteiger partial charge is 0.251 e. The Morgan fingerprint density at radius 2 is 1.85 bits per heavy atom. The molecule has 0 saturated carbocycles. The quantitative estimate of drug-likeness (QED) is 0.487. The number of thioether (sulfide) groups is 1. The first-order chi connectivity index (χ1) is 16.0. The van der Waals surface area contributed by atoms with Gasteiger partial charge in [-0.2, -0.15) is 0 Å². The maximum absolute atomic E-state index is 12.7. The van der Waals surface area contributed by atoms with Gasteiger partial charge in [-0.25, -0.2) is 0 Å². The summed E-state index contributed by atoms with van der Waals surface area (Å²) in [6.45, 7) is 6.42. The number of nitrogens with one attached hydrogen (secondary N) is 2. The van der Waals surface area contributed by atoms with Gasteiger partial charge in [0.05, 0.1) is 11.3 Å². The molecule has 172 valence electrons. The van der Waals surface area contributed by atoms with Gasteiger partial charge < -0.3 is 24.7 Å². The lowest BCUT2D eigenvalue weighted by Crippen LogP contribution is -2.29. The van der Waals surface area contributed by atoms with Crippen LogP contribution in [-0.4, -0.2) is 38.6 Å². The van der Waals surface area contributed by atoms with Crippen LogP contribution in [0.15, 0.2) is 53.7 Å². The highest BCUT2D eigenvalue weighted by molar-refractivity contribution is 8.00. The molecular formula is C23H25N5O4S. The van der Waals surface area contributed by atoms with Crippen molar-refractivity contribution in [3.8, 4) is 11.5 Å². The molecular weight excluding hydrogens is 442 g/mol. The van der Waals surface area contributed by atoms with Crippen molar-refractivity contribution >= 4 is 29.3 Å². The predicted octanol–water partition coefficient (Wildman–Crippen LogP) is 3.64. The number of amides is 2. The molecule has 1 aliphatic heterocycles. The summed E-state index contributed by atoms with van der Waals surface area (Å²) in [5, 5.41) is 14.6. The van der Waals surface area contributed by atoms with E-state index < -0.39 is 5.25 Å². The van der Waals surface area contributed by atoms with Crippen LogP contribution < -0.4 is 20.1 Å². The van der Waals surface area contributed by atoms with Crippen molar-refractivity contribution in [3.63, 3.8) is 0 Å². The van der Waals surface area contributed by atoms with E-state index in [1.807, 2.05) is 43.5 Å². The highest BCUT2D eigenvalue weighted by Crippen LogP contribution is 2.34. The average molecular weight is 468 g/mol. The molecule has 0 bridgehead atoms. The summed E-state index contributed by atoms with van der Waals surface area (Å²) in [7, 11) is 0. The van der Waals surface area contributed by atoms with Gasteiger partial charge in [0, 0.05) is 23.9 Å². The second kappa shape index (κ2) is 9.95. The van der Waals surface area contributed by atoms with Crippen LogP contribution in [0.3, 0.4) is 0 Å². The normalized spacial score (nSPS) is 13.9. The molecule has 10 heteroatoms. The van der Waals surface area contributed by atoms with Crippen molar-refractivity contribution in [1.82, 2.24) is 20.1 Å². The van der Waals surface area contributed by atoms with E-state index >= 15 is 0 Å². The highest BCUT2D eigenvalue weighted by Gasteiger charge is 2.23. The molecule has 3 aromatic rings. The summed E-state index contributed by atoms with van der Waals surface area (Å²) >= 11 is 1.31. The third kappa shape index (κ3) is 5.11. The van der Waals surface area contributed by atoms with Crippen molar-refractivity contribution in [3.05, 3.63) is 59.9 Å². The molecule has 0 radical (unpaired) electrons. The second-order valence-corrected chi connectivity index (χ2v) is 8.77. The van der Waals surface area contributed by atoms with Gasteiger partial charge in [-0.1, -0.05) is 30.0 Å². The Balaban J connectivity index is 1.40. The van der Waals surface area contributed by atoms with Crippen LogP contribution in [0.4, 0.5) is 5.69 Å². The summed E-state index contributed by atoms with van der Waals surface area (Å²) < 4.78 is 12.6. The Morgan fingerprint density at radius 1 is 1.09 bits per heavy atom. The summed E-state index contributed by atoms with van der Waals surface area (Å²) in [6, 6.07) is 13.9. The minimum atomic E-state index is -0.424. The first-order valence-electron chi connectivity index (χ1n) is 10.6. The molecule has 4 rings (SSSR count). The Labute approximate surface area is 195 Å². The lowest BCUT2D eigenvalue weighted by molar-refractivity contribution is -0.115. The number of aromatic nitrogens is 3. The van der Waals surface area contributed by atoms with Gasteiger partial charge in [-0.3, -0.25) is 9.59 Å². The maximum Gasteiger partial charge on any atom is 0.251 e. The van der Waals surface area contributed by atoms with E-state index in [1.165, 1.54) is 11.8 Å². The monoisotopic (exact) mass is 467 g/mol. The zero-order chi connectivity index (χ0) is 23.4. The summed E-state index contributed by atoms with van der Waals surface area (Å²) in [5.74, 6) is 1.55. The van der Waals surface area contributed by atoms with E-state index in [4.69, 9.17) is 9.47 Å². The first-order valence-corrected chi connectivity index (χ1v) is 11.5. The van der Waals surface area contributed by atoms with E-state index in [0.717, 1.165) is 0 Å². The van der Waals surface area contributed by atoms with Crippen LogP contribution in [-0.2, 0) is 11.3 Å². The molecule has 0 aliphatic carbocycles. The Bertz CT molecular complexity index is 1150. The number of hydrogen-bond donors (Lipinski definition) is 2. The van der Waals surface area contributed by atoms with E-state index in [-0.39, 0.29) is 24.6 Å². The Morgan fingerprint density at radius 3 is 2.61 bits per heavy atom. The molecule has 9 nitrogen and oxygen atoms in total. The molecule has 2 amide bonds. The van der Waals surface area contributed by atoms with E-state index in [0.29, 0.717) is 40.3 Å². The predicted molar refractivity (Wildman–Crippen MR) is 125 cm³/mol. The van der Waals surface area contributed by atoms with Crippen molar-refractivity contribution in [2.24, 2.45) is 0 Å². The van der Waals surface area contributed by atoms with Crippen LogP contribution in [0.2, 0.25) is 0 Å². The number of benzene rings is 2. The minimum Gasteiger partial charge on any atom is -0.454 e. The fourth-order valence-corrected chi connectivity index (χ4v) is 4.29. The molecule has 2 aromatic carbocycles. The van der Waals surface area contributed by atoms with Crippen LogP contribution in [0.25, 0.3) is 0 Å². The number of fused-ring (bicyclic) bond motifs is 1. The summed E-state index contributed by atoms with van der Waals surface area (Å²) in [5.41, 5.74) is 1.21. The molecule has 2 N–H and O–H groups in total. The molecule has 0 saturated heterocycles. The van der Waals surface area contributed by atoms with Gasteiger partial charge in [0.1, 0.15) is 0 Å².